The van der Waals surface area contributed by atoms with Gasteiger partial charge in [0.15, 0.2) is 5.41 Å². The lowest BCUT2D eigenvalue weighted by atomic mass is 9.80. The molecule has 3 aliphatic heterocycles. The maximum atomic E-state index is 14.4. The summed E-state index contributed by atoms with van der Waals surface area (Å²) in [6.45, 7) is 0.638. The summed E-state index contributed by atoms with van der Waals surface area (Å²) in [6, 6.07) is 19.7. The van der Waals surface area contributed by atoms with Crippen LogP contribution >= 0.6 is 0 Å². The molecule has 0 aliphatic carbocycles. The van der Waals surface area contributed by atoms with Crippen molar-refractivity contribution >= 4 is 35.2 Å². The van der Waals surface area contributed by atoms with Crippen LogP contribution in [0.5, 0.6) is 5.75 Å². The average Bonchev–Trinajstić information content (AvgIpc) is 3.49. The number of hydrogen-bond donors (Lipinski definition) is 0. The number of hydrogen-bond acceptors (Lipinski definition) is 6. The average molecular weight is 570 g/mol. The number of nitrogens with zero attached hydrogens (tertiary/aromatic N) is 3. The number of ether oxygens (including phenoxy) is 1. The molecule has 3 heterocycles. The Labute approximate surface area is 241 Å². The quantitative estimate of drug-likeness (QED) is 0.210. The monoisotopic (exact) mass is 569 g/mol. The van der Waals surface area contributed by atoms with Crippen molar-refractivity contribution in [3.8, 4) is 5.75 Å². The van der Waals surface area contributed by atoms with Gasteiger partial charge in [-0.2, -0.15) is 0 Å². The highest BCUT2D eigenvalue weighted by Crippen LogP contribution is 2.49. The molecule has 42 heavy (non-hydrogen) atoms. The van der Waals surface area contributed by atoms with Crippen LogP contribution in [0, 0.1) is 5.82 Å². The van der Waals surface area contributed by atoms with Crippen molar-refractivity contribution in [1.82, 2.24) is 9.80 Å². The molecular weight excluding hydrogens is 541 g/mol. The zero-order valence-corrected chi connectivity index (χ0v) is 22.8. The molecule has 3 aromatic carbocycles. The molecule has 1 spiro atoms. The van der Waals surface area contributed by atoms with Crippen molar-refractivity contribution in [3.63, 3.8) is 0 Å². The van der Waals surface area contributed by atoms with Gasteiger partial charge in [-0.1, -0.05) is 30.3 Å². The fraction of sp³-hybridized carbons (Fsp3) is 0.281. The third-order valence-corrected chi connectivity index (χ3v) is 8.08. The second kappa shape index (κ2) is 10.8. The fourth-order valence-electron chi connectivity index (χ4n) is 6.02. The van der Waals surface area contributed by atoms with Crippen molar-refractivity contribution in [1.29, 1.82) is 0 Å². The predicted molar refractivity (Wildman–Crippen MR) is 149 cm³/mol. The molecule has 214 valence electrons. The van der Waals surface area contributed by atoms with E-state index < -0.39 is 47.2 Å². The minimum Gasteiger partial charge on any atom is -0.494 e. The highest BCUT2D eigenvalue weighted by Gasteiger charge is 2.63. The van der Waals surface area contributed by atoms with Gasteiger partial charge in [-0.05, 0) is 61.7 Å². The SMILES string of the molecule is O=C1CC2(C(=O)N1CCCN1C(=O)c3ccccc3C1=O)C(=O)N(CCCCOc1ccccc1)c1ccc(F)cc12. The summed E-state index contributed by atoms with van der Waals surface area (Å²) in [5, 5.41) is 0. The first-order chi connectivity index (χ1) is 20.3. The van der Waals surface area contributed by atoms with Crippen LogP contribution in [-0.2, 0) is 19.8 Å². The maximum Gasteiger partial charge on any atom is 0.261 e. The minimum atomic E-state index is -1.83. The van der Waals surface area contributed by atoms with Crippen LogP contribution in [0.25, 0.3) is 0 Å². The van der Waals surface area contributed by atoms with Crippen molar-refractivity contribution in [2.45, 2.75) is 31.1 Å². The number of para-hydroxylation sites is 1. The summed E-state index contributed by atoms with van der Waals surface area (Å²) < 4.78 is 20.1. The second-order valence-corrected chi connectivity index (χ2v) is 10.6. The molecule has 1 atom stereocenters. The van der Waals surface area contributed by atoms with E-state index >= 15 is 0 Å². The number of carbonyl (C=O) groups excluding carboxylic acids is 5. The molecule has 3 aromatic rings. The molecule has 3 aliphatic rings. The number of rotatable bonds is 10. The largest absolute Gasteiger partial charge is 0.494 e. The number of unbranched alkanes of at least 4 members (excludes halogenated alkanes) is 1. The van der Waals surface area contributed by atoms with Crippen LogP contribution in [0.4, 0.5) is 10.1 Å². The number of imide groups is 2. The van der Waals surface area contributed by atoms with Gasteiger partial charge < -0.3 is 9.64 Å². The van der Waals surface area contributed by atoms with Crippen molar-refractivity contribution in [2.24, 2.45) is 0 Å². The first-order valence-corrected chi connectivity index (χ1v) is 13.9. The van der Waals surface area contributed by atoms with Crippen LogP contribution < -0.4 is 9.64 Å². The number of benzene rings is 3. The second-order valence-electron chi connectivity index (χ2n) is 10.6. The van der Waals surface area contributed by atoms with E-state index in [4.69, 9.17) is 4.74 Å². The molecule has 9 nitrogen and oxygen atoms in total. The molecule has 6 rings (SSSR count). The number of halogens is 1. The normalized spacial score (nSPS) is 19.4. The smallest absolute Gasteiger partial charge is 0.261 e. The van der Waals surface area contributed by atoms with Crippen LogP contribution in [-0.4, -0.2) is 65.6 Å². The van der Waals surface area contributed by atoms with Gasteiger partial charge in [0.25, 0.3) is 11.8 Å². The van der Waals surface area contributed by atoms with Crippen LogP contribution in [0.3, 0.4) is 0 Å². The van der Waals surface area contributed by atoms with Crippen LogP contribution in [0.15, 0.2) is 72.8 Å². The molecule has 0 radical (unpaired) electrons. The Morgan fingerprint density at radius 1 is 0.690 bits per heavy atom. The lowest BCUT2D eigenvalue weighted by Gasteiger charge is -2.23. The number of likely N-dealkylation sites (tertiary alicyclic amines) is 1. The summed E-state index contributed by atoms with van der Waals surface area (Å²) in [7, 11) is 0. The number of fused-ring (bicyclic) bond motifs is 3. The summed E-state index contributed by atoms with van der Waals surface area (Å²) in [4.78, 5) is 69.7. The predicted octanol–water partition coefficient (Wildman–Crippen LogP) is 3.71. The summed E-state index contributed by atoms with van der Waals surface area (Å²) in [5.41, 5.74) is -0.591. The van der Waals surface area contributed by atoms with Gasteiger partial charge in [0.1, 0.15) is 11.6 Å². The number of amides is 5. The van der Waals surface area contributed by atoms with Crippen LogP contribution in [0.1, 0.15) is 52.0 Å². The molecule has 10 heteroatoms. The molecule has 0 bridgehead atoms. The third-order valence-electron chi connectivity index (χ3n) is 8.08. The first kappa shape index (κ1) is 27.3. The number of carbonyl (C=O) groups is 5. The number of anilines is 1. The Kier molecular flexibility index (Phi) is 7.06. The molecule has 5 amide bonds. The van der Waals surface area contributed by atoms with E-state index in [1.807, 2.05) is 30.3 Å². The third kappa shape index (κ3) is 4.43. The molecule has 0 saturated carbocycles. The highest BCUT2D eigenvalue weighted by molar-refractivity contribution is 6.28. The molecule has 1 unspecified atom stereocenters. The topological polar surface area (TPSA) is 104 Å². The van der Waals surface area contributed by atoms with Crippen molar-refractivity contribution in [2.75, 3.05) is 31.1 Å². The molecule has 0 N–H and O–H groups in total. The van der Waals surface area contributed by atoms with Gasteiger partial charge in [-0.15, -0.1) is 0 Å². The van der Waals surface area contributed by atoms with Gasteiger partial charge in [-0.25, -0.2) is 4.39 Å². The van der Waals surface area contributed by atoms with E-state index in [1.54, 1.807) is 24.3 Å². The van der Waals surface area contributed by atoms with E-state index in [1.165, 1.54) is 23.1 Å². The van der Waals surface area contributed by atoms with Crippen molar-refractivity contribution in [3.05, 3.63) is 95.3 Å². The fourth-order valence-corrected chi connectivity index (χ4v) is 6.02. The summed E-state index contributed by atoms with van der Waals surface area (Å²) in [6.07, 6.45) is 0.951. The van der Waals surface area contributed by atoms with Gasteiger partial charge in [0.2, 0.25) is 17.7 Å². The van der Waals surface area contributed by atoms with Gasteiger partial charge >= 0.3 is 0 Å². The van der Waals surface area contributed by atoms with E-state index in [9.17, 15) is 28.4 Å². The van der Waals surface area contributed by atoms with E-state index in [-0.39, 0.29) is 31.6 Å². The molecule has 1 saturated heterocycles. The Balaban J connectivity index is 1.13. The lowest BCUT2D eigenvalue weighted by molar-refractivity contribution is -0.141. The Hall–Kier alpha value is -4.86. The van der Waals surface area contributed by atoms with E-state index in [0.29, 0.717) is 36.3 Å². The lowest BCUT2D eigenvalue weighted by Crippen LogP contribution is -2.47. The molecular formula is C32H28FN3O6. The van der Waals surface area contributed by atoms with Gasteiger partial charge in [0, 0.05) is 30.9 Å². The molecule has 1 fully saturated rings. The van der Waals surface area contributed by atoms with Gasteiger partial charge in [0.05, 0.1) is 24.2 Å². The van der Waals surface area contributed by atoms with E-state index in [2.05, 4.69) is 0 Å². The maximum absolute atomic E-state index is 14.4. The molecule has 0 aromatic heterocycles. The Morgan fingerprint density at radius 3 is 2.02 bits per heavy atom. The first-order valence-electron chi connectivity index (χ1n) is 13.9. The standard InChI is InChI=1S/C32H28FN3O6/c33-21-13-14-26-25(19-21)32(30(40)34(26)15-6-7-18-42-22-9-2-1-3-10-22)20-27(37)35(31(32)41)16-8-17-36-28(38)23-11-4-5-12-24(23)29(36)39/h1-5,9-14,19H,6-8,15-18,20H2. The Bertz CT molecular complexity index is 1570. The van der Waals surface area contributed by atoms with Crippen LogP contribution in [0.2, 0.25) is 0 Å². The minimum absolute atomic E-state index is 0.00669. The Morgan fingerprint density at radius 2 is 1.31 bits per heavy atom. The zero-order valence-electron chi connectivity index (χ0n) is 22.8. The van der Waals surface area contributed by atoms with Crippen molar-refractivity contribution < 1.29 is 33.1 Å². The summed E-state index contributed by atoms with van der Waals surface area (Å²) >= 11 is 0. The zero-order chi connectivity index (χ0) is 29.4. The summed E-state index contributed by atoms with van der Waals surface area (Å²) in [5.74, 6) is -2.52. The van der Waals surface area contributed by atoms with Gasteiger partial charge in [-0.3, -0.25) is 33.8 Å². The van der Waals surface area contributed by atoms with E-state index in [0.717, 1.165) is 15.5 Å². The highest BCUT2D eigenvalue weighted by atomic mass is 19.1.